The van der Waals surface area contributed by atoms with E-state index in [0.717, 1.165) is 0 Å². The van der Waals surface area contributed by atoms with E-state index < -0.39 is 5.60 Å². The second-order valence-corrected chi connectivity index (χ2v) is 2.19. The van der Waals surface area contributed by atoms with Crippen molar-refractivity contribution in [2.24, 2.45) is 0 Å². The topological polar surface area (TPSA) is 9.23 Å². The van der Waals surface area contributed by atoms with E-state index in [1.54, 1.807) is 13.8 Å². The van der Waals surface area contributed by atoms with Crippen molar-refractivity contribution in [2.45, 2.75) is 32.8 Å². The van der Waals surface area contributed by atoms with E-state index in [-0.39, 0.29) is 0 Å². The zero-order chi connectivity index (χ0) is 5.91. The van der Waals surface area contributed by atoms with Gasteiger partial charge < -0.3 is 0 Å². The normalized spacial score (nSPS) is 12.0. The molecule has 0 heterocycles. The molecule has 0 aliphatic carbocycles. The quantitative estimate of drug-likeness (QED) is 0.523. The van der Waals surface area contributed by atoms with Crippen molar-refractivity contribution in [3.63, 3.8) is 0 Å². The summed E-state index contributed by atoms with van der Waals surface area (Å²) in [6.07, 6.45) is 0.698. The lowest BCUT2D eigenvalue weighted by Gasteiger charge is -2.14. The minimum atomic E-state index is -0.583. The summed E-state index contributed by atoms with van der Waals surface area (Å²) in [4.78, 5) is 3.59. The van der Waals surface area contributed by atoms with Gasteiger partial charge in [0, 0.05) is 0 Å². The summed E-state index contributed by atoms with van der Waals surface area (Å²) in [6.45, 7) is 5.28. The van der Waals surface area contributed by atoms with Crippen LogP contribution >= 0.6 is 0 Å². The molecular formula is C5H11FO. The Kier molecular flexibility index (Phi) is 2.23. The maximum atomic E-state index is 11.3. The van der Waals surface area contributed by atoms with Crippen LogP contribution in [0.4, 0.5) is 4.53 Å². The molecule has 7 heavy (non-hydrogen) atoms. The van der Waals surface area contributed by atoms with Crippen molar-refractivity contribution in [1.82, 2.24) is 0 Å². The predicted octanol–water partition coefficient (Wildman–Crippen LogP) is 2.08. The molecule has 0 bridgehead atoms. The first-order valence-corrected chi connectivity index (χ1v) is 2.42. The third-order valence-electron chi connectivity index (χ3n) is 1.06. The molecule has 0 saturated heterocycles. The number of rotatable bonds is 2. The molecule has 0 aromatic carbocycles. The monoisotopic (exact) mass is 106 g/mol. The van der Waals surface area contributed by atoms with Gasteiger partial charge in [-0.2, -0.15) is 4.94 Å². The lowest BCUT2D eigenvalue weighted by Crippen LogP contribution is -2.18. The number of halogens is 1. The van der Waals surface area contributed by atoms with Crippen molar-refractivity contribution in [3.8, 4) is 0 Å². The summed E-state index contributed by atoms with van der Waals surface area (Å²) in [5, 5.41) is 0. The van der Waals surface area contributed by atoms with Crippen LogP contribution in [0.2, 0.25) is 0 Å². The maximum absolute atomic E-state index is 11.3. The molecule has 0 aliphatic heterocycles. The highest BCUT2D eigenvalue weighted by molar-refractivity contribution is 4.61. The van der Waals surface area contributed by atoms with Gasteiger partial charge in [0.1, 0.15) is 5.60 Å². The second kappa shape index (κ2) is 2.26. The summed E-state index contributed by atoms with van der Waals surface area (Å²) in [5.74, 6) is 0. The first-order chi connectivity index (χ1) is 3.12. The second-order valence-electron chi connectivity index (χ2n) is 2.19. The largest absolute Gasteiger partial charge is 0.188 e. The van der Waals surface area contributed by atoms with Crippen LogP contribution in [-0.2, 0) is 4.94 Å². The predicted molar refractivity (Wildman–Crippen MR) is 26.6 cm³/mol. The average molecular weight is 106 g/mol. The Hall–Kier alpha value is -0.110. The van der Waals surface area contributed by atoms with Gasteiger partial charge in [0.05, 0.1) is 0 Å². The molecule has 0 fully saturated rings. The molecule has 0 aromatic heterocycles. The number of hydrogen-bond acceptors (Lipinski definition) is 1. The minimum Gasteiger partial charge on any atom is -0.188 e. The molecule has 2 heteroatoms. The fourth-order valence-electron chi connectivity index (χ4n) is 0.0546. The van der Waals surface area contributed by atoms with Crippen molar-refractivity contribution in [1.29, 1.82) is 0 Å². The highest BCUT2D eigenvalue weighted by atomic mass is 19.3. The van der Waals surface area contributed by atoms with E-state index in [2.05, 4.69) is 4.94 Å². The first kappa shape index (κ1) is 6.89. The van der Waals surface area contributed by atoms with E-state index in [1.165, 1.54) is 0 Å². The molecule has 0 N–H and O–H groups in total. The van der Waals surface area contributed by atoms with Gasteiger partial charge in [-0.25, -0.2) is 0 Å². The Balaban J connectivity index is 3.36. The van der Waals surface area contributed by atoms with Gasteiger partial charge in [-0.3, -0.25) is 0 Å². The van der Waals surface area contributed by atoms with Crippen molar-refractivity contribution in [3.05, 3.63) is 0 Å². The molecule has 0 amide bonds. The van der Waals surface area contributed by atoms with Crippen molar-refractivity contribution < 1.29 is 9.47 Å². The van der Waals surface area contributed by atoms with E-state index >= 15 is 0 Å². The fourth-order valence-corrected chi connectivity index (χ4v) is 0.0546. The van der Waals surface area contributed by atoms with Crippen molar-refractivity contribution in [2.75, 3.05) is 0 Å². The van der Waals surface area contributed by atoms with Crippen LogP contribution in [0.15, 0.2) is 0 Å². The molecule has 0 aromatic rings. The molecule has 0 aliphatic rings. The van der Waals surface area contributed by atoms with Crippen molar-refractivity contribution >= 4 is 0 Å². The van der Waals surface area contributed by atoms with Crippen LogP contribution in [0.5, 0.6) is 0 Å². The Bertz CT molecular complexity index is 46.0. The van der Waals surface area contributed by atoms with Crippen LogP contribution in [-0.4, -0.2) is 5.60 Å². The van der Waals surface area contributed by atoms with Gasteiger partial charge in [0.15, 0.2) is 0 Å². The molecule has 0 atom stereocenters. The molecular weight excluding hydrogens is 95.1 g/mol. The summed E-state index contributed by atoms with van der Waals surface area (Å²) < 4.78 is 11.3. The van der Waals surface area contributed by atoms with Crippen LogP contribution < -0.4 is 0 Å². The smallest absolute Gasteiger partial charge is 0.103 e. The Morgan fingerprint density at radius 2 is 2.00 bits per heavy atom. The van der Waals surface area contributed by atoms with Crippen LogP contribution in [0, 0.1) is 0 Å². The van der Waals surface area contributed by atoms with Gasteiger partial charge in [-0.1, -0.05) is 6.92 Å². The molecule has 0 rings (SSSR count). The van der Waals surface area contributed by atoms with Crippen LogP contribution in [0.1, 0.15) is 27.2 Å². The molecule has 44 valence electrons. The standard InChI is InChI=1S/C5H11FO/c1-4-5(2,3)7-6/h4H2,1-3H3. The number of hydrogen-bond donors (Lipinski definition) is 0. The van der Waals surface area contributed by atoms with E-state index in [4.69, 9.17) is 0 Å². The van der Waals surface area contributed by atoms with E-state index in [9.17, 15) is 4.53 Å². The van der Waals surface area contributed by atoms with Gasteiger partial charge >= 0.3 is 0 Å². The Morgan fingerprint density at radius 3 is 2.00 bits per heavy atom. The minimum absolute atomic E-state index is 0.583. The first-order valence-electron chi connectivity index (χ1n) is 2.42. The summed E-state index contributed by atoms with van der Waals surface area (Å²) in [6, 6.07) is 0. The zero-order valence-electron chi connectivity index (χ0n) is 4.99. The van der Waals surface area contributed by atoms with Gasteiger partial charge in [0.25, 0.3) is 0 Å². The highest BCUT2D eigenvalue weighted by Crippen LogP contribution is 2.12. The van der Waals surface area contributed by atoms with Gasteiger partial charge in [-0.15, -0.1) is 0 Å². The fraction of sp³-hybridized carbons (Fsp3) is 1.00. The van der Waals surface area contributed by atoms with Gasteiger partial charge in [0.2, 0.25) is 0 Å². The molecule has 0 radical (unpaired) electrons. The molecule has 0 unspecified atom stereocenters. The summed E-state index contributed by atoms with van der Waals surface area (Å²) in [5.41, 5.74) is -0.583. The Morgan fingerprint density at radius 1 is 1.57 bits per heavy atom. The van der Waals surface area contributed by atoms with E-state index in [0.29, 0.717) is 6.42 Å². The lowest BCUT2D eigenvalue weighted by molar-refractivity contribution is -0.222. The summed E-state index contributed by atoms with van der Waals surface area (Å²) >= 11 is 0. The lowest BCUT2D eigenvalue weighted by atomic mass is 10.1. The summed E-state index contributed by atoms with van der Waals surface area (Å²) in [7, 11) is 0. The average Bonchev–Trinajstić information content (AvgIpc) is 1.68. The molecule has 0 saturated carbocycles. The third-order valence-corrected chi connectivity index (χ3v) is 1.06. The Labute approximate surface area is 43.4 Å². The molecule has 1 nitrogen and oxygen atoms in total. The maximum Gasteiger partial charge on any atom is 0.103 e. The highest BCUT2D eigenvalue weighted by Gasteiger charge is 2.14. The zero-order valence-corrected chi connectivity index (χ0v) is 4.99. The van der Waals surface area contributed by atoms with Crippen LogP contribution in [0.25, 0.3) is 0 Å². The van der Waals surface area contributed by atoms with E-state index in [1.807, 2.05) is 6.92 Å². The molecule has 0 spiro atoms. The third kappa shape index (κ3) is 2.57. The SMILES string of the molecule is CCC(C)(C)OF. The van der Waals surface area contributed by atoms with Gasteiger partial charge in [-0.05, 0) is 24.8 Å². The van der Waals surface area contributed by atoms with Crippen LogP contribution in [0.3, 0.4) is 0 Å².